The van der Waals surface area contributed by atoms with Crippen molar-refractivity contribution in [1.29, 1.82) is 0 Å². The summed E-state index contributed by atoms with van der Waals surface area (Å²) in [7, 11) is 3.08. The van der Waals surface area contributed by atoms with Crippen molar-refractivity contribution >= 4 is 56.2 Å². The molecule has 2 aromatic rings. The van der Waals surface area contributed by atoms with Crippen molar-refractivity contribution in [2.24, 2.45) is 0 Å². The number of methoxy groups -OCH3 is 2. The van der Waals surface area contributed by atoms with Gasteiger partial charge < -0.3 is 14.6 Å². The molecular formula is C19H16BrNO4S2. The zero-order valence-corrected chi connectivity index (χ0v) is 17.8. The predicted molar refractivity (Wildman–Crippen MR) is 114 cm³/mol. The first-order valence-corrected chi connectivity index (χ1v) is 9.89. The van der Waals surface area contributed by atoms with Gasteiger partial charge in [0, 0.05) is 4.47 Å². The number of nitrogens with zero attached hydrogens (tertiary/aromatic N) is 1. The fourth-order valence-electron chi connectivity index (χ4n) is 2.52. The lowest BCUT2D eigenvalue weighted by Gasteiger charge is -2.14. The molecule has 0 atom stereocenters. The molecule has 3 rings (SSSR count). The van der Waals surface area contributed by atoms with Crippen LogP contribution in [0.25, 0.3) is 6.08 Å². The molecule has 0 aliphatic carbocycles. The Morgan fingerprint density at radius 1 is 1.22 bits per heavy atom. The molecule has 1 heterocycles. The highest BCUT2D eigenvalue weighted by Crippen LogP contribution is 2.38. The van der Waals surface area contributed by atoms with Crippen molar-refractivity contribution < 1.29 is 19.4 Å². The second kappa shape index (κ2) is 8.33. The average Bonchev–Trinajstić information content (AvgIpc) is 2.92. The molecule has 1 aliphatic rings. The average molecular weight is 466 g/mol. The molecule has 0 aromatic heterocycles. The zero-order chi connectivity index (χ0) is 19.6. The fraction of sp³-hybridized carbons (Fsp3) is 0.158. The second-order valence-corrected chi connectivity index (χ2v) is 8.19. The van der Waals surface area contributed by atoms with Gasteiger partial charge in [0.05, 0.1) is 25.7 Å². The third kappa shape index (κ3) is 4.28. The van der Waals surface area contributed by atoms with Gasteiger partial charge in [0.2, 0.25) is 0 Å². The number of phenolic OH excluding ortho intramolecular Hbond substituents is 1. The number of benzene rings is 2. The Labute approximate surface area is 175 Å². The standard InChI is InChI=1S/C19H16BrNO4S2/c1-24-13-5-3-11(4-6-13)10-21-18(23)17(27-19(21)26)8-12-7-16(25-2)15(22)9-14(12)20/h3-9,22H,10H2,1-2H3/b17-8+. The van der Waals surface area contributed by atoms with Crippen molar-refractivity contribution in [2.75, 3.05) is 14.2 Å². The lowest BCUT2D eigenvalue weighted by Crippen LogP contribution is -2.27. The van der Waals surface area contributed by atoms with Crippen LogP contribution in [-0.2, 0) is 11.3 Å². The van der Waals surface area contributed by atoms with Gasteiger partial charge in [0.25, 0.3) is 5.91 Å². The lowest BCUT2D eigenvalue weighted by molar-refractivity contribution is -0.122. The van der Waals surface area contributed by atoms with E-state index >= 15 is 0 Å². The minimum atomic E-state index is -0.153. The molecule has 2 aromatic carbocycles. The molecule has 1 aliphatic heterocycles. The highest BCUT2D eigenvalue weighted by atomic mass is 79.9. The normalized spacial score (nSPS) is 15.5. The van der Waals surface area contributed by atoms with Crippen LogP contribution in [0.4, 0.5) is 0 Å². The van der Waals surface area contributed by atoms with Gasteiger partial charge in [-0.05, 0) is 41.5 Å². The van der Waals surface area contributed by atoms with E-state index < -0.39 is 0 Å². The Bertz CT molecular complexity index is 928. The molecule has 8 heteroatoms. The summed E-state index contributed by atoms with van der Waals surface area (Å²) in [4.78, 5) is 14.9. The summed E-state index contributed by atoms with van der Waals surface area (Å²) in [5.74, 6) is 0.960. The van der Waals surface area contributed by atoms with Gasteiger partial charge in [-0.2, -0.15) is 0 Å². The molecule has 0 unspecified atom stereocenters. The topological polar surface area (TPSA) is 59.0 Å². The quantitative estimate of drug-likeness (QED) is 0.515. The third-order valence-corrected chi connectivity index (χ3v) is 6.02. The SMILES string of the molecule is COc1ccc(CN2C(=O)/C(=C\c3cc(OC)c(O)cc3Br)SC2=S)cc1. The highest BCUT2D eigenvalue weighted by molar-refractivity contribution is 9.10. The molecule has 0 spiro atoms. The van der Waals surface area contributed by atoms with Crippen LogP contribution in [-0.4, -0.2) is 34.5 Å². The molecule has 5 nitrogen and oxygen atoms in total. The number of carbonyl (C=O) groups excluding carboxylic acids is 1. The van der Waals surface area contributed by atoms with Crippen molar-refractivity contribution in [3.63, 3.8) is 0 Å². The van der Waals surface area contributed by atoms with Crippen molar-refractivity contribution in [2.45, 2.75) is 6.54 Å². The number of hydrogen-bond donors (Lipinski definition) is 1. The maximum Gasteiger partial charge on any atom is 0.266 e. The Kier molecular flexibility index (Phi) is 6.08. The Morgan fingerprint density at radius 3 is 2.56 bits per heavy atom. The van der Waals surface area contributed by atoms with E-state index in [4.69, 9.17) is 21.7 Å². The van der Waals surface area contributed by atoms with Gasteiger partial charge in [0.15, 0.2) is 11.5 Å². The van der Waals surface area contributed by atoms with Crippen LogP contribution in [0.15, 0.2) is 45.8 Å². The van der Waals surface area contributed by atoms with Crippen LogP contribution in [0.2, 0.25) is 0 Å². The van der Waals surface area contributed by atoms with Gasteiger partial charge in [0.1, 0.15) is 10.1 Å². The summed E-state index contributed by atoms with van der Waals surface area (Å²) >= 11 is 10.0. The number of thiocarbonyl (C=S) groups is 1. The maximum atomic E-state index is 12.8. The number of thioether (sulfide) groups is 1. The summed E-state index contributed by atoms with van der Waals surface area (Å²) < 4.78 is 11.4. The van der Waals surface area contributed by atoms with Crippen LogP contribution in [0, 0.1) is 0 Å². The summed E-state index contributed by atoms with van der Waals surface area (Å²) in [6, 6.07) is 10.7. The third-order valence-electron chi connectivity index (χ3n) is 3.96. The van der Waals surface area contributed by atoms with E-state index in [0.29, 0.717) is 26.0 Å². The van der Waals surface area contributed by atoms with E-state index in [0.717, 1.165) is 16.9 Å². The molecule has 27 heavy (non-hydrogen) atoms. The van der Waals surface area contributed by atoms with Gasteiger partial charge >= 0.3 is 0 Å². The van der Waals surface area contributed by atoms with Crippen molar-refractivity contribution in [1.82, 2.24) is 4.90 Å². The number of carbonyl (C=O) groups is 1. The van der Waals surface area contributed by atoms with Crippen LogP contribution in [0.1, 0.15) is 11.1 Å². The largest absolute Gasteiger partial charge is 0.504 e. The van der Waals surface area contributed by atoms with E-state index in [2.05, 4.69) is 15.9 Å². The molecule has 1 N–H and O–H groups in total. The van der Waals surface area contributed by atoms with Gasteiger partial charge in [-0.1, -0.05) is 52.0 Å². The van der Waals surface area contributed by atoms with E-state index in [-0.39, 0.29) is 11.7 Å². The van der Waals surface area contributed by atoms with Gasteiger partial charge in [-0.25, -0.2) is 0 Å². The number of phenols is 1. The summed E-state index contributed by atoms with van der Waals surface area (Å²) in [5.41, 5.74) is 1.68. The lowest BCUT2D eigenvalue weighted by atomic mass is 10.1. The number of ether oxygens (including phenoxy) is 2. The monoisotopic (exact) mass is 465 g/mol. The van der Waals surface area contributed by atoms with E-state index in [1.807, 2.05) is 24.3 Å². The number of aromatic hydroxyl groups is 1. The first kappa shape index (κ1) is 19.7. The summed E-state index contributed by atoms with van der Waals surface area (Å²) in [5, 5.41) is 9.83. The summed E-state index contributed by atoms with van der Waals surface area (Å²) in [6.45, 7) is 0.395. The van der Waals surface area contributed by atoms with E-state index in [9.17, 15) is 9.90 Å². The van der Waals surface area contributed by atoms with Crippen LogP contribution < -0.4 is 9.47 Å². The van der Waals surface area contributed by atoms with Crippen molar-refractivity contribution in [3.8, 4) is 17.2 Å². The summed E-state index contributed by atoms with van der Waals surface area (Å²) in [6.07, 6.45) is 1.74. The van der Waals surface area contributed by atoms with Gasteiger partial charge in [-0.3, -0.25) is 9.69 Å². The first-order valence-electron chi connectivity index (χ1n) is 7.87. The van der Waals surface area contributed by atoms with Crippen LogP contribution >= 0.6 is 39.9 Å². The Balaban J connectivity index is 1.84. The Hall–Kier alpha value is -2.03. The molecule has 1 amide bonds. The molecule has 140 valence electrons. The van der Waals surface area contributed by atoms with E-state index in [1.165, 1.54) is 24.9 Å². The molecular weight excluding hydrogens is 450 g/mol. The molecule has 0 saturated carbocycles. The second-order valence-electron chi connectivity index (χ2n) is 5.66. The maximum absolute atomic E-state index is 12.8. The minimum absolute atomic E-state index is 0.0218. The molecule has 0 radical (unpaired) electrons. The zero-order valence-electron chi connectivity index (χ0n) is 14.6. The Morgan fingerprint density at radius 2 is 1.93 bits per heavy atom. The fourth-order valence-corrected chi connectivity index (χ4v) is 4.22. The first-order chi connectivity index (χ1) is 12.9. The number of hydrogen-bond acceptors (Lipinski definition) is 6. The van der Waals surface area contributed by atoms with Gasteiger partial charge in [-0.15, -0.1) is 0 Å². The number of amides is 1. The van der Waals surface area contributed by atoms with Crippen LogP contribution in [0.3, 0.4) is 0 Å². The van der Waals surface area contributed by atoms with Crippen LogP contribution in [0.5, 0.6) is 17.2 Å². The highest BCUT2D eigenvalue weighted by Gasteiger charge is 2.32. The van der Waals surface area contributed by atoms with Crippen molar-refractivity contribution in [3.05, 3.63) is 56.9 Å². The number of halogens is 1. The minimum Gasteiger partial charge on any atom is -0.504 e. The molecule has 1 fully saturated rings. The smallest absolute Gasteiger partial charge is 0.266 e. The molecule has 0 bridgehead atoms. The van der Waals surface area contributed by atoms with E-state index in [1.54, 1.807) is 24.2 Å². The molecule has 1 saturated heterocycles. The predicted octanol–water partition coefficient (Wildman–Crippen LogP) is 4.57. The number of rotatable bonds is 5.